The quantitative estimate of drug-likeness (QED) is 0.0941. The molecular weight excluding hydrogens is 727 g/mol. The Morgan fingerprint density at radius 1 is 1.04 bits per heavy atom. The molecule has 5 aromatic rings. The van der Waals surface area contributed by atoms with Crippen molar-refractivity contribution in [3.63, 3.8) is 0 Å². The van der Waals surface area contributed by atoms with Gasteiger partial charge in [-0.1, -0.05) is 84.6 Å². The van der Waals surface area contributed by atoms with E-state index in [1.165, 1.54) is 49.6 Å². The molecule has 0 unspecified atom stereocenters. The van der Waals surface area contributed by atoms with Gasteiger partial charge in [0.05, 0.1) is 28.0 Å². The van der Waals surface area contributed by atoms with Crippen molar-refractivity contribution in [2.75, 3.05) is 11.3 Å². The molecular formula is C43H55N7O5S. The number of carboxylic acids is 1. The van der Waals surface area contributed by atoms with E-state index < -0.39 is 16.0 Å². The first-order chi connectivity index (χ1) is 26.5. The van der Waals surface area contributed by atoms with Gasteiger partial charge in [0, 0.05) is 36.5 Å². The molecule has 13 heteroatoms. The highest BCUT2D eigenvalue weighted by atomic mass is 32.2. The van der Waals surface area contributed by atoms with Gasteiger partial charge in [0.1, 0.15) is 12.1 Å². The van der Waals surface area contributed by atoms with Crippen LogP contribution in [-0.2, 0) is 30.0 Å². The summed E-state index contributed by atoms with van der Waals surface area (Å²) in [6.07, 6.45) is 8.28. The Kier molecular flexibility index (Phi) is 12.2. The molecule has 3 heterocycles. The number of anilines is 1. The van der Waals surface area contributed by atoms with Crippen molar-refractivity contribution in [2.45, 2.75) is 110 Å². The Morgan fingerprint density at radius 3 is 2.46 bits per heavy atom. The van der Waals surface area contributed by atoms with Gasteiger partial charge in [-0.05, 0) is 79.3 Å². The maximum atomic E-state index is 13.7. The monoisotopic (exact) mass is 781 g/mol. The number of aromatic carboxylic acids is 1. The summed E-state index contributed by atoms with van der Waals surface area (Å²) in [7, 11) is -2.25. The van der Waals surface area contributed by atoms with E-state index in [9.17, 15) is 18.3 Å². The summed E-state index contributed by atoms with van der Waals surface area (Å²) >= 11 is 0. The van der Waals surface area contributed by atoms with Crippen LogP contribution in [0.2, 0.25) is 0 Å². The van der Waals surface area contributed by atoms with E-state index in [4.69, 9.17) is 19.7 Å². The zero-order valence-corrected chi connectivity index (χ0v) is 34.6. The van der Waals surface area contributed by atoms with Crippen molar-refractivity contribution in [2.24, 2.45) is 18.4 Å². The van der Waals surface area contributed by atoms with E-state index in [0.717, 1.165) is 52.5 Å². The van der Waals surface area contributed by atoms with Crippen LogP contribution in [-0.4, -0.2) is 56.6 Å². The van der Waals surface area contributed by atoms with E-state index in [2.05, 4.69) is 72.4 Å². The van der Waals surface area contributed by atoms with Crippen molar-refractivity contribution < 1.29 is 23.1 Å². The molecule has 0 spiro atoms. The largest absolute Gasteiger partial charge is 0.478 e. The van der Waals surface area contributed by atoms with E-state index in [1.54, 1.807) is 0 Å². The molecule has 6 rings (SSSR count). The molecule has 2 aromatic carbocycles. The lowest BCUT2D eigenvalue weighted by Gasteiger charge is -2.27. The second-order valence-electron chi connectivity index (χ2n) is 16.7. The Balaban J connectivity index is 1.34. The topological polar surface area (TPSA) is 161 Å². The predicted molar refractivity (Wildman–Crippen MR) is 220 cm³/mol. The van der Waals surface area contributed by atoms with Gasteiger partial charge >= 0.3 is 5.97 Å². The number of ether oxygens (including phenoxy) is 1. The van der Waals surface area contributed by atoms with Gasteiger partial charge in [-0.25, -0.2) is 27.9 Å². The number of fused-ring (bicyclic) bond motifs is 1. The summed E-state index contributed by atoms with van der Waals surface area (Å²) in [4.78, 5) is 30.6. The molecule has 1 aliphatic carbocycles. The Hall–Kier alpha value is -4.88. The lowest BCUT2D eigenvalue weighted by atomic mass is 9.88. The highest BCUT2D eigenvalue weighted by molar-refractivity contribution is 7.92. The summed E-state index contributed by atoms with van der Waals surface area (Å²) in [5, 5.41) is 13.2. The number of rotatable bonds is 15. The van der Waals surface area contributed by atoms with Crippen molar-refractivity contribution >= 4 is 33.1 Å². The lowest BCUT2D eigenvalue weighted by Crippen LogP contribution is -2.38. The zero-order chi connectivity index (χ0) is 40.4. The molecule has 1 saturated carbocycles. The number of nitrogens with one attached hydrogen (secondary N) is 2. The number of benzene rings is 2. The lowest BCUT2D eigenvalue weighted by molar-refractivity contribution is 0.0696. The maximum Gasteiger partial charge on any atom is 0.335 e. The van der Waals surface area contributed by atoms with Crippen LogP contribution in [0.5, 0.6) is 5.88 Å². The molecule has 3 N–H and O–H groups in total. The van der Waals surface area contributed by atoms with E-state index in [0.29, 0.717) is 29.6 Å². The standard InChI is InChI=1S/C43H55N7O5S/c1-26(2)36-21-35-39(50(36)8)46-33(24-45-35)23-44-32(22-43(5,6)7)25-55-40-28(4)38(37-27(3)13-11-16-30(37)19-29-14-9-10-15-29)47-42(48-40)49-56(53,54)34-18-12-17-31(20-34)41(51)52/h11-13,16-18,20-21,24,26,29,32,44H,9-10,14-15,19,22-23,25H2,1-8H3,(H,51,52)(H,47,48,49)/t32-/m1/s1. The molecule has 1 atom stereocenters. The minimum Gasteiger partial charge on any atom is -0.478 e. The molecule has 1 aliphatic rings. The molecule has 0 saturated heterocycles. The van der Waals surface area contributed by atoms with Gasteiger partial charge in [0.15, 0.2) is 5.65 Å². The number of hydrogen-bond acceptors (Lipinski definition) is 9. The van der Waals surface area contributed by atoms with Crippen LogP contribution in [0.4, 0.5) is 5.95 Å². The average molecular weight is 782 g/mol. The molecule has 0 amide bonds. The summed E-state index contributed by atoms with van der Waals surface area (Å²) in [6.45, 7) is 15.5. The van der Waals surface area contributed by atoms with Gasteiger partial charge < -0.3 is 19.7 Å². The fourth-order valence-electron chi connectivity index (χ4n) is 7.79. The van der Waals surface area contributed by atoms with Gasteiger partial charge in [-0.2, -0.15) is 4.98 Å². The summed E-state index contributed by atoms with van der Waals surface area (Å²) in [6, 6.07) is 13.4. The van der Waals surface area contributed by atoms with Crippen LogP contribution in [0.3, 0.4) is 0 Å². The Bertz CT molecular complexity index is 2330. The van der Waals surface area contributed by atoms with Crippen LogP contribution in [0.1, 0.15) is 111 Å². The number of sulfonamides is 1. The first-order valence-electron chi connectivity index (χ1n) is 19.5. The molecule has 0 bridgehead atoms. The number of aromatic nitrogens is 5. The average Bonchev–Trinajstić information content (AvgIpc) is 3.77. The van der Waals surface area contributed by atoms with Crippen LogP contribution < -0.4 is 14.8 Å². The van der Waals surface area contributed by atoms with Crippen molar-refractivity contribution in [1.29, 1.82) is 0 Å². The van der Waals surface area contributed by atoms with E-state index >= 15 is 0 Å². The van der Waals surface area contributed by atoms with E-state index in [-0.39, 0.29) is 40.4 Å². The smallest absolute Gasteiger partial charge is 0.335 e. The third-order valence-corrected chi connectivity index (χ3v) is 11.9. The number of nitrogens with zero attached hydrogens (tertiary/aromatic N) is 5. The highest BCUT2D eigenvalue weighted by Crippen LogP contribution is 2.37. The minimum atomic E-state index is -4.27. The molecule has 0 radical (unpaired) electrons. The number of carboxylic acid groups (broad SMARTS) is 1. The van der Waals surface area contributed by atoms with Gasteiger partial charge in [-0.15, -0.1) is 0 Å². The Labute approximate surface area is 330 Å². The first kappa shape index (κ1) is 40.8. The van der Waals surface area contributed by atoms with Crippen LogP contribution in [0, 0.1) is 25.2 Å². The fraction of sp³-hybridized carbons (Fsp3) is 0.465. The molecule has 56 heavy (non-hydrogen) atoms. The van der Waals surface area contributed by atoms with Crippen molar-refractivity contribution in [3.05, 3.63) is 88.4 Å². The van der Waals surface area contributed by atoms with Gasteiger partial charge in [0.2, 0.25) is 11.8 Å². The van der Waals surface area contributed by atoms with Crippen molar-refractivity contribution in [3.8, 4) is 17.1 Å². The SMILES string of the molecule is Cc1cccc(CC2CCCC2)c1-c1nc(NS(=O)(=O)c2cccc(C(=O)O)c2)nc(OC[C@@H](CC(C)(C)C)NCc2cnc3cc(C(C)C)n(C)c3n2)c1C. The normalized spacial score (nSPS) is 14.4. The van der Waals surface area contributed by atoms with Crippen LogP contribution in [0.15, 0.2) is 59.6 Å². The summed E-state index contributed by atoms with van der Waals surface area (Å²) < 4.78 is 38.6. The van der Waals surface area contributed by atoms with Gasteiger partial charge in [0.25, 0.3) is 10.0 Å². The molecule has 0 aliphatic heterocycles. The van der Waals surface area contributed by atoms with Gasteiger partial charge in [-0.3, -0.25) is 4.98 Å². The zero-order valence-electron chi connectivity index (χ0n) is 33.8. The molecule has 3 aromatic heterocycles. The number of aryl methyl sites for hydroxylation is 2. The third-order valence-electron chi connectivity index (χ3n) is 10.6. The van der Waals surface area contributed by atoms with E-state index in [1.807, 2.05) is 33.2 Å². The fourth-order valence-corrected chi connectivity index (χ4v) is 8.78. The second-order valence-corrected chi connectivity index (χ2v) is 18.4. The Morgan fingerprint density at radius 2 is 1.77 bits per heavy atom. The predicted octanol–water partition coefficient (Wildman–Crippen LogP) is 8.37. The number of carbonyl (C=O) groups is 1. The number of hydrogen-bond donors (Lipinski definition) is 3. The molecule has 298 valence electrons. The van der Waals surface area contributed by atoms with Crippen LogP contribution >= 0.6 is 0 Å². The third kappa shape index (κ3) is 9.55. The first-order valence-corrected chi connectivity index (χ1v) is 21.0. The molecule has 1 fully saturated rings. The second kappa shape index (κ2) is 16.7. The maximum absolute atomic E-state index is 13.7. The molecule has 12 nitrogen and oxygen atoms in total. The minimum absolute atomic E-state index is 0.0472. The van der Waals surface area contributed by atoms with Crippen LogP contribution in [0.25, 0.3) is 22.4 Å². The summed E-state index contributed by atoms with van der Waals surface area (Å²) in [5.74, 6) is -0.216. The van der Waals surface area contributed by atoms with Crippen molar-refractivity contribution in [1.82, 2.24) is 29.8 Å². The summed E-state index contributed by atoms with van der Waals surface area (Å²) in [5.41, 5.74) is 7.89. The highest BCUT2D eigenvalue weighted by Gasteiger charge is 2.26.